The zero-order valence-electron chi connectivity index (χ0n) is 10.3. The Morgan fingerprint density at radius 1 is 0.857 bits per heavy atom. The second-order valence-electron chi connectivity index (χ2n) is 4.00. The summed E-state index contributed by atoms with van der Waals surface area (Å²) in [5.74, 6) is -11.9. The molecule has 110 valence electrons. The zero-order valence-corrected chi connectivity index (χ0v) is 10.3. The van der Waals surface area contributed by atoms with E-state index >= 15 is 0 Å². The number of carbonyl (C=O) groups is 1. The first-order valence-electron chi connectivity index (χ1n) is 5.64. The van der Waals surface area contributed by atoms with Gasteiger partial charge in [-0.05, 0) is 5.56 Å². The first-order chi connectivity index (χ1) is 9.97. The lowest BCUT2D eigenvalue weighted by atomic mass is 10.1. The summed E-state index contributed by atoms with van der Waals surface area (Å²) in [5, 5.41) is 0. The Morgan fingerprint density at radius 3 is 1.95 bits per heavy atom. The number of hydrogen-bond acceptors (Lipinski definition) is 2. The number of halogens is 5. The van der Waals surface area contributed by atoms with Gasteiger partial charge in [0.2, 0.25) is 29.1 Å². The predicted molar refractivity (Wildman–Crippen MR) is 62.4 cm³/mol. The van der Waals surface area contributed by atoms with E-state index in [9.17, 15) is 26.7 Å². The Morgan fingerprint density at radius 2 is 1.38 bits per heavy atom. The third kappa shape index (κ3) is 2.72. The van der Waals surface area contributed by atoms with Crippen molar-refractivity contribution in [3.63, 3.8) is 0 Å². The second kappa shape index (κ2) is 5.90. The van der Waals surface area contributed by atoms with Crippen molar-refractivity contribution in [2.75, 3.05) is 0 Å². The van der Waals surface area contributed by atoms with Crippen molar-refractivity contribution in [2.24, 2.45) is 0 Å². The fourth-order valence-electron chi connectivity index (χ4n) is 1.64. The molecule has 2 aromatic rings. The molecule has 0 saturated heterocycles. The summed E-state index contributed by atoms with van der Waals surface area (Å²) in [6.45, 7) is -0.521. The van der Waals surface area contributed by atoms with Crippen LogP contribution in [0.15, 0.2) is 24.3 Å². The molecule has 0 radical (unpaired) electrons. The van der Waals surface area contributed by atoms with Crippen molar-refractivity contribution in [1.82, 2.24) is 0 Å². The molecule has 2 aromatic carbocycles. The van der Waals surface area contributed by atoms with Crippen molar-refractivity contribution in [3.05, 3.63) is 64.5 Å². The van der Waals surface area contributed by atoms with E-state index in [1.54, 1.807) is 6.07 Å². The number of ether oxygens (including phenoxy) is 1. The monoisotopic (exact) mass is 302 g/mol. The molecule has 0 aliphatic carbocycles. The van der Waals surface area contributed by atoms with E-state index in [-0.39, 0.29) is 11.1 Å². The van der Waals surface area contributed by atoms with E-state index in [0.717, 1.165) is 0 Å². The smallest absolute Gasteiger partial charge is 0.207 e. The Bertz CT molecular complexity index is 671. The molecule has 0 amide bonds. The first-order valence-corrected chi connectivity index (χ1v) is 5.64. The van der Waals surface area contributed by atoms with Gasteiger partial charge in [-0.2, -0.15) is 8.78 Å². The van der Waals surface area contributed by atoms with Crippen LogP contribution in [0.25, 0.3) is 0 Å². The van der Waals surface area contributed by atoms with E-state index < -0.39 is 41.4 Å². The van der Waals surface area contributed by atoms with Crippen LogP contribution in [-0.2, 0) is 6.61 Å². The van der Waals surface area contributed by atoms with Crippen LogP contribution in [-0.4, -0.2) is 6.29 Å². The summed E-state index contributed by atoms with van der Waals surface area (Å²) < 4.78 is 70.2. The summed E-state index contributed by atoms with van der Waals surface area (Å²) in [5.41, 5.74) is 0.429. The first kappa shape index (κ1) is 15.0. The van der Waals surface area contributed by atoms with Crippen molar-refractivity contribution >= 4 is 6.29 Å². The largest absolute Gasteiger partial charge is 0.483 e. The van der Waals surface area contributed by atoms with Gasteiger partial charge in [0.05, 0.1) is 0 Å². The van der Waals surface area contributed by atoms with Crippen LogP contribution < -0.4 is 4.74 Å². The minimum atomic E-state index is -2.26. The lowest BCUT2D eigenvalue weighted by molar-refractivity contribution is 0.112. The van der Waals surface area contributed by atoms with Crippen molar-refractivity contribution in [3.8, 4) is 5.75 Å². The molecular weight excluding hydrogens is 295 g/mol. The molecule has 2 rings (SSSR count). The normalized spacial score (nSPS) is 10.5. The molecule has 0 spiro atoms. The van der Waals surface area contributed by atoms with Crippen molar-refractivity contribution < 1.29 is 31.5 Å². The molecule has 0 N–H and O–H groups in total. The minimum absolute atomic E-state index is 0.182. The highest BCUT2D eigenvalue weighted by atomic mass is 19.2. The molecule has 0 unspecified atom stereocenters. The number of rotatable bonds is 4. The summed E-state index contributed by atoms with van der Waals surface area (Å²) in [7, 11) is 0. The van der Waals surface area contributed by atoms with Crippen LogP contribution >= 0.6 is 0 Å². The van der Waals surface area contributed by atoms with Crippen LogP contribution in [0.2, 0.25) is 0 Å². The molecular formula is C14H7F5O2. The maximum Gasteiger partial charge on any atom is 0.207 e. The second-order valence-corrected chi connectivity index (χ2v) is 4.00. The van der Waals surface area contributed by atoms with E-state index in [4.69, 9.17) is 0 Å². The molecule has 0 bridgehead atoms. The van der Waals surface area contributed by atoms with E-state index in [1.807, 2.05) is 0 Å². The molecule has 7 heteroatoms. The molecule has 0 fully saturated rings. The van der Waals surface area contributed by atoms with Crippen LogP contribution in [0.1, 0.15) is 15.9 Å². The van der Waals surface area contributed by atoms with E-state index in [2.05, 4.69) is 4.74 Å². The molecule has 0 aliphatic heterocycles. The van der Waals surface area contributed by atoms with Gasteiger partial charge in [-0.1, -0.05) is 24.3 Å². The molecule has 0 atom stereocenters. The third-order valence-corrected chi connectivity index (χ3v) is 2.72. The predicted octanol–water partition coefficient (Wildman–Crippen LogP) is 3.77. The maximum absolute atomic E-state index is 13.4. The number of carbonyl (C=O) groups excluding carboxylic acids is 1. The van der Waals surface area contributed by atoms with Gasteiger partial charge in [-0.15, -0.1) is 0 Å². The van der Waals surface area contributed by atoms with Crippen LogP contribution in [0, 0.1) is 29.1 Å². The highest BCUT2D eigenvalue weighted by Crippen LogP contribution is 2.29. The summed E-state index contributed by atoms with van der Waals surface area (Å²) in [6.07, 6.45) is 0.483. The SMILES string of the molecule is O=Cc1ccccc1COc1c(F)c(F)c(F)c(F)c1F. The number of aldehydes is 1. The molecule has 0 saturated carbocycles. The lowest BCUT2D eigenvalue weighted by Gasteiger charge is -2.11. The van der Waals surface area contributed by atoms with E-state index in [0.29, 0.717) is 6.29 Å². The van der Waals surface area contributed by atoms with Gasteiger partial charge in [-0.25, -0.2) is 13.2 Å². The quantitative estimate of drug-likeness (QED) is 0.372. The molecule has 0 aliphatic rings. The summed E-state index contributed by atoms with van der Waals surface area (Å²) in [4.78, 5) is 10.8. The highest BCUT2D eigenvalue weighted by Gasteiger charge is 2.27. The van der Waals surface area contributed by atoms with E-state index in [1.165, 1.54) is 18.2 Å². The van der Waals surface area contributed by atoms with Gasteiger partial charge >= 0.3 is 0 Å². The molecule has 21 heavy (non-hydrogen) atoms. The Labute approximate surface area is 115 Å². The number of hydrogen-bond donors (Lipinski definition) is 0. The van der Waals surface area contributed by atoms with Gasteiger partial charge in [0.1, 0.15) is 12.9 Å². The fourth-order valence-corrected chi connectivity index (χ4v) is 1.64. The average molecular weight is 302 g/mol. The van der Waals surface area contributed by atoms with Crippen LogP contribution in [0.4, 0.5) is 22.0 Å². The van der Waals surface area contributed by atoms with Gasteiger partial charge < -0.3 is 4.74 Å². The Kier molecular flexibility index (Phi) is 4.21. The summed E-state index contributed by atoms with van der Waals surface area (Å²) in [6, 6.07) is 5.93. The van der Waals surface area contributed by atoms with Gasteiger partial charge in [0, 0.05) is 5.56 Å². The number of benzene rings is 2. The molecule has 0 heterocycles. The minimum Gasteiger partial charge on any atom is -0.483 e. The summed E-state index contributed by atoms with van der Waals surface area (Å²) >= 11 is 0. The van der Waals surface area contributed by atoms with Crippen molar-refractivity contribution in [1.29, 1.82) is 0 Å². The van der Waals surface area contributed by atoms with Gasteiger partial charge in [0.25, 0.3) is 0 Å². The Hall–Kier alpha value is -2.44. The van der Waals surface area contributed by atoms with Gasteiger partial charge in [-0.3, -0.25) is 4.79 Å². The molecule has 2 nitrogen and oxygen atoms in total. The lowest BCUT2D eigenvalue weighted by Crippen LogP contribution is -2.08. The van der Waals surface area contributed by atoms with Crippen molar-refractivity contribution in [2.45, 2.75) is 6.61 Å². The maximum atomic E-state index is 13.4. The zero-order chi connectivity index (χ0) is 15.6. The molecule has 0 aromatic heterocycles. The van der Waals surface area contributed by atoms with Gasteiger partial charge in [0.15, 0.2) is 5.75 Å². The standard InChI is InChI=1S/C14H7F5O2/c15-9-10(16)12(18)14(13(19)11(9)17)21-6-8-4-2-1-3-7(8)5-20/h1-5H,6H2. The average Bonchev–Trinajstić information content (AvgIpc) is 2.51. The Balaban J connectivity index is 2.35. The third-order valence-electron chi connectivity index (χ3n) is 2.72. The fraction of sp³-hybridized carbons (Fsp3) is 0.0714. The van der Waals surface area contributed by atoms with Crippen LogP contribution in [0.5, 0.6) is 5.75 Å². The highest BCUT2D eigenvalue weighted by molar-refractivity contribution is 5.77. The van der Waals surface area contributed by atoms with Crippen LogP contribution in [0.3, 0.4) is 0 Å². The topological polar surface area (TPSA) is 26.3 Å².